The average Bonchev–Trinajstić information content (AvgIpc) is 3.27. The van der Waals surface area contributed by atoms with Gasteiger partial charge in [-0.05, 0) is 43.2 Å². The SMILES string of the molecule is COC(=O)[C@@H](NC(=O)c1nn(-c2ccc(Cl)cc2Cl)c(-n2cccc2Cl)c1C)C(C)C. The second-order valence-electron chi connectivity index (χ2n) is 7.22. The predicted octanol–water partition coefficient (Wildman–Crippen LogP) is 4.86. The zero-order valence-corrected chi connectivity index (χ0v) is 19.6. The van der Waals surface area contributed by atoms with Crippen LogP contribution in [0.1, 0.15) is 29.9 Å². The number of nitrogens with zero attached hydrogens (tertiary/aromatic N) is 3. The van der Waals surface area contributed by atoms with Crippen molar-refractivity contribution >= 4 is 46.7 Å². The summed E-state index contributed by atoms with van der Waals surface area (Å²) in [6, 6.07) is 7.63. The van der Waals surface area contributed by atoms with Gasteiger partial charge in [0.1, 0.15) is 17.0 Å². The standard InChI is InChI=1S/C21H21Cl3N4O3/c1-11(2)17(21(30)31-4)25-19(29)18-12(3)20(27-9-5-6-16(27)24)28(26-18)15-8-7-13(22)10-14(15)23/h5-11,17H,1-4H3,(H,25,29)/t17-/m0/s1. The normalized spacial score (nSPS) is 12.1. The Balaban J connectivity index is 2.15. The number of methoxy groups -OCH3 is 1. The van der Waals surface area contributed by atoms with E-state index in [1.807, 2.05) is 13.8 Å². The molecule has 3 rings (SSSR count). The topological polar surface area (TPSA) is 78.2 Å². The lowest BCUT2D eigenvalue weighted by molar-refractivity contribution is -0.144. The first-order chi connectivity index (χ1) is 14.6. The van der Waals surface area contributed by atoms with Crippen LogP contribution in [0.5, 0.6) is 0 Å². The molecule has 10 heteroatoms. The number of aromatic nitrogens is 3. The van der Waals surface area contributed by atoms with Gasteiger partial charge in [-0.25, -0.2) is 9.48 Å². The number of hydrogen-bond acceptors (Lipinski definition) is 4. The first-order valence-electron chi connectivity index (χ1n) is 9.42. The van der Waals surface area contributed by atoms with Crippen molar-refractivity contribution < 1.29 is 14.3 Å². The Bertz CT molecular complexity index is 1140. The van der Waals surface area contributed by atoms with Crippen molar-refractivity contribution in [2.24, 2.45) is 5.92 Å². The van der Waals surface area contributed by atoms with E-state index in [-0.39, 0.29) is 11.6 Å². The lowest BCUT2D eigenvalue weighted by Gasteiger charge is -2.19. The molecule has 0 aliphatic heterocycles. The second-order valence-corrected chi connectivity index (χ2v) is 8.45. The lowest BCUT2D eigenvalue weighted by Crippen LogP contribution is -2.45. The maximum Gasteiger partial charge on any atom is 0.328 e. The lowest BCUT2D eigenvalue weighted by atomic mass is 10.0. The molecule has 1 N–H and O–H groups in total. The predicted molar refractivity (Wildman–Crippen MR) is 121 cm³/mol. The van der Waals surface area contributed by atoms with Gasteiger partial charge in [0.15, 0.2) is 5.69 Å². The highest BCUT2D eigenvalue weighted by atomic mass is 35.5. The quantitative estimate of drug-likeness (QED) is 0.508. The molecular weight excluding hydrogens is 463 g/mol. The molecule has 0 saturated heterocycles. The molecule has 1 atom stereocenters. The van der Waals surface area contributed by atoms with Crippen molar-refractivity contribution in [3.8, 4) is 11.5 Å². The highest BCUT2D eigenvalue weighted by molar-refractivity contribution is 6.35. The number of halogens is 3. The molecule has 0 spiro atoms. The number of esters is 1. The monoisotopic (exact) mass is 482 g/mol. The van der Waals surface area contributed by atoms with Gasteiger partial charge in [-0.15, -0.1) is 0 Å². The summed E-state index contributed by atoms with van der Waals surface area (Å²) in [4.78, 5) is 25.2. The van der Waals surface area contributed by atoms with Crippen LogP contribution in [0.15, 0.2) is 36.5 Å². The Morgan fingerprint density at radius 3 is 2.42 bits per heavy atom. The molecule has 0 saturated carbocycles. The number of carbonyl (C=O) groups is 2. The molecule has 0 unspecified atom stereocenters. The minimum atomic E-state index is -0.820. The molecule has 1 amide bonds. The molecule has 31 heavy (non-hydrogen) atoms. The zero-order chi connectivity index (χ0) is 22.9. The van der Waals surface area contributed by atoms with Crippen molar-refractivity contribution in [2.75, 3.05) is 7.11 Å². The highest BCUT2D eigenvalue weighted by Crippen LogP contribution is 2.30. The molecule has 0 aliphatic carbocycles. The van der Waals surface area contributed by atoms with E-state index in [2.05, 4.69) is 10.4 Å². The van der Waals surface area contributed by atoms with Gasteiger partial charge in [-0.1, -0.05) is 48.7 Å². The average molecular weight is 484 g/mol. The number of nitrogens with one attached hydrogen (secondary N) is 1. The fourth-order valence-electron chi connectivity index (χ4n) is 3.17. The van der Waals surface area contributed by atoms with Crippen LogP contribution in [-0.2, 0) is 9.53 Å². The third-order valence-corrected chi connectivity index (χ3v) is 5.63. The summed E-state index contributed by atoms with van der Waals surface area (Å²) in [6.45, 7) is 5.37. The molecule has 0 bridgehead atoms. The summed E-state index contributed by atoms with van der Waals surface area (Å²) in [5.41, 5.74) is 1.19. The Kier molecular flexibility index (Phi) is 6.99. The molecular formula is C21H21Cl3N4O3. The van der Waals surface area contributed by atoms with Crippen molar-refractivity contribution in [3.63, 3.8) is 0 Å². The van der Waals surface area contributed by atoms with E-state index < -0.39 is 17.9 Å². The zero-order valence-electron chi connectivity index (χ0n) is 17.3. The van der Waals surface area contributed by atoms with Crippen LogP contribution in [0.25, 0.3) is 11.5 Å². The highest BCUT2D eigenvalue weighted by Gasteiger charge is 2.29. The summed E-state index contributed by atoms with van der Waals surface area (Å²) < 4.78 is 8.02. The van der Waals surface area contributed by atoms with Crippen molar-refractivity contribution in [2.45, 2.75) is 26.8 Å². The minimum Gasteiger partial charge on any atom is -0.467 e. The van der Waals surface area contributed by atoms with E-state index in [0.717, 1.165) is 0 Å². The summed E-state index contributed by atoms with van der Waals surface area (Å²) in [6.07, 6.45) is 1.75. The molecule has 0 fully saturated rings. The van der Waals surface area contributed by atoms with Gasteiger partial charge in [0.2, 0.25) is 0 Å². The Labute approximate surface area is 194 Å². The Morgan fingerprint density at radius 2 is 1.87 bits per heavy atom. The van der Waals surface area contributed by atoms with Crippen molar-refractivity contribution in [3.05, 3.63) is 63.0 Å². The summed E-state index contributed by atoms with van der Waals surface area (Å²) in [5.74, 6) is -0.698. The Hall–Kier alpha value is -2.48. The fourth-order valence-corrected chi connectivity index (χ4v) is 3.87. The largest absolute Gasteiger partial charge is 0.467 e. The van der Waals surface area contributed by atoms with Gasteiger partial charge in [-0.2, -0.15) is 5.10 Å². The smallest absolute Gasteiger partial charge is 0.328 e. The van der Waals surface area contributed by atoms with Gasteiger partial charge >= 0.3 is 5.97 Å². The van der Waals surface area contributed by atoms with Gasteiger partial charge in [-0.3, -0.25) is 9.36 Å². The van der Waals surface area contributed by atoms with Gasteiger partial charge in [0.05, 0.1) is 17.8 Å². The van der Waals surface area contributed by atoms with Gasteiger partial charge in [0, 0.05) is 16.8 Å². The number of benzene rings is 1. The van der Waals surface area contributed by atoms with Crippen LogP contribution < -0.4 is 5.32 Å². The van der Waals surface area contributed by atoms with Crippen LogP contribution in [-0.4, -0.2) is 39.4 Å². The Morgan fingerprint density at radius 1 is 1.16 bits per heavy atom. The molecule has 0 radical (unpaired) electrons. The second kappa shape index (κ2) is 9.34. The number of amides is 1. The first-order valence-corrected chi connectivity index (χ1v) is 10.6. The van der Waals surface area contributed by atoms with E-state index in [4.69, 9.17) is 39.5 Å². The fraction of sp³-hybridized carbons (Fsp3) is 0.286. The molecule has 2 aromatic heterocycles. The van der Waals surface area contributed by atoms with E-state index >= 15 is 0 Å². The molecule has 2 heterocycles. The van der Waals surface area contributed by atoms with E-state index in [0.29, 0.717) is 32.3 Å². The van der Waals surface area contributed by atoms with Gasteiger partial charge in [0.25, 0.3) is 5.91 Å². The third-order valence-electron chi connectivity index (χ3n) is 4.78. The van der Waals surface area contributed by atoms with Crippen LogP contribution in [0, 0.1) is 12.8 Å². The van der Waals surface area contributed by atoms with E-state index in [9.17, 15) is 9.59 Å². The van der Waals surface area contributed by atoms with Gasteiger partial charge < -0.3 is 10.1 Å². The van der Waals surface area contributed by atoms with Crippen LogP contribution >= 0.6 is 34.8 Å². The first kappa shape index (κ1) is 23.2. The van der Waals surface area contributed by atoms with Crippen LogP contribution in [0.2, 0.25) is 15.2 Å². The number of hydrogen-bond donors (Lipinski definition) is 1. The summed E-state index contributed by atoms with van der Waals surface area (Å²) in [7, 11) is 1.28. The number of carbonyl (C=O) groups excluding carboxylic acids is 2. The number of rotatable bonds is 6. The minimum absolute atomic E-state index is 0.125. The van der Waals surface area contributed by atoms with E-state index in [1.165, 1.54) is 11.8 Å². The maximum atomic E-state index is 13.1. The summed E-state index contributed by atoms with van der Waals surface area (Å²) in [5, 5.41) is 8.47. The number of ether oxygens (including phenoxy) is 1. The summed E-state index contributed by atoms with van der Waals surface area (Å²) >= 11 is 18.8. The molecule has 1 aromatic carbocycles. The molecule has 164 valence electrons. The van der Waals surface area contributed by atoms with Crippen molar-refractivity contribution in [1.29, 1.82) is 0 Å². The maximum absolute atomic E-state index is 13.1. The van der Waals surface area contributed by atoms with Crippen LogP contribution in [0.4, 0.5) is 0 Å². The molecule has 7 nitrogen and oxygen atoms in total. The van der Waals surface area contributed by atoms with Crippen molar-refractivity contribution in [1.82, 2.24) is 19.7 Å². The third kappa shape index (κ3) is 4.59. The van der Waals surface area contributed by atoms with E-state index in [1.54, 1.807) is 48.0 Å². The molecule has 0 aliphatic rings. The molecule has 3 aromatic rings. The van der Waals surface area contributed by atoms with Crippen LogP contribution in [0.3, 0.4) is 0 Å².